The Bertz CT molecular complexity index is 479. The molecule has 0 unspecified atom stereocenters. The molecule has 19 heavy (non-hydrogen) atoms. The molecule has 3 heteroatoms. The first-order chi connectivity index (χ1) is 9.24. The molecule has 0 radical (unpaired) electrons. The highest BCUT2D eigenvalue weighted by Crippen LogP contribution is 2.11. The van der Waals surface area contributed by atoms with Crippen molar-refractivity contribution in [2.24, 2.45) is 0 Å². The molecule has 2 nitrogen and oxygen atoms in total. The first-order valence-corrected chi connectivity index (χ1v) is 7.67. The number of nitrogen functional groups attached to an aromatic ring is 1. The minimum Gasteiger partial charge on any atom is -0.399 e. The second-order valence-corrected chi connectivity index (χ2v) is 6.01. The third-order valence-corrected chi connectivity index (χ3v) is 4.21. The standard InChI is InChI=1S/C16H22N2S/c1-18(11-9-16-8-4-12-19-16)10-3-6-14-5-2-7-15(17)13-14/h2,4-5,7-8,12-13H,3,6,9-11,17H2,1H3. The Morgan fingerprint density at radius 2 is 2.00 bits per heavy atom. The van der Waals surface area contributed by atoms with E-state index in [1.54, 1.807) is 0 Å². The van der Waals surface area contributed by atoms with E-state index in [0.29, 0.717) is 0 Å². The van der Waals surface area contributed by atoms with Crippen molar-refractivity contribution in [3.05, 3.63) is 52.2 Å². The molecule has 1 aromatic heterocycles. The van der Waals surface area contributed by atoms with Crippen LogP contribution in [-0.4, -0.2) is 25.0 Å². The second-order valence-electron chi connectivity index (χ2n) is 4.98. The van der Waals surface area contributed by atoms with Gasteiger partial charge >= 0.3 is 0 Å². The van der Waals surface area contributed by atoms with Crippen molar-refractivity contribution in [2.45, 2.75) is 19.3 Å². The predicted octanol–water partition coefficient (Wildman–Crippen LogP) is 3.44. The number of nitrogens with zero attached hydrogens (tertiary/aromatic N) is 1. The fourth-order valence-electron chi connectivity index (χ4n) is 2.17. The molecule has 0 spiro atoms. The van der Waals surface area contributed by atoms with Crippen molar-refractivity contribution in [3.63, 3.8) is 0 Å². The highest BCUT2D eigenvalue weighted by atomic mass is 32.1. The first-order valence-electron chi connectivity index (χ1n) is 6.79. The highest BCUT2D eigenvalue weighted by molar-refractivity contribution is 7.09. The number of aryl methyl sites for hydroxylation is 1. The van der Waals surface area contributed by atoms with Crippen LogP contribution in [0, 0.1) is 0 Å². The largest absolute Gasteiger partial charge is 0.399 e. The zero-order chi connectivity index (χ0) is 13.5. The third-order valence-electron chi connectivity index (χ3n) is 3.28. The highest BCUT2D eigenvalue weighted by Gasteiger charge is 2.01. The predicted molar refractivity (Wildman–Crippen MR) is 84.7 cm³/mol. The van der Waals surface area contributed by atoms with Gasteiger partial charge in [-0.2, -0.15) is 0 Å². The minimum atomic E-state index is 0.864. The van der Waals surface area contributed by atoms with Gasteiger partial charge in [0.2, 0.25) is 0 Å². The molecule has 1 heterocycles. The fraction of sp³-hybridized carbons (Fsp3) is 0.375. The van der Waals surface area contributed by atoms with Crippen LogP contribution in [0.4, 0.5) is 5.69 Å². The van der Waals surface area contributed by atoms with E-state index in [4.69, 9.17) is 5.73 Å². The van der Waals surface area contributed by atoms with Gasteiger partial charge in [0, 0.05) is 17.1 Å². The molecule has 102 valence electrons. The molecular weight excluding hydrogens is 252 g/mol. The van der Waals surface area contributed by atoms with Gasteiger partial charge < -0.3 is 10.6 Å². The van der Waals surface area contributed by atoms with Gasteiger partial charge in [-0.05, 0) is 62.0 Å². The lowest BCUT2D eigenvalue weighted by Crippen LogP contribution is -2.22. The molecule has 2 rings (SSSR count). The van der Waals surface area contributed by atoms with E-state index in [-0.39, 0.29) is 0 Å². The van der Waals surface area contributed by atoms with Crippen LogP contribution in [-0.2, 0) is 12.8 Å². The van der Waals surface area contributed by atoms with Gasteiger partial charge in [0.1, 0.15) is 0 Å². The van der Waals surface area contributed by atoms with E-state index in [1.807, 2.05) is 23.5 Å². The van der Waals surface area contributed by atoms with Crippen molar-refractivity contribution < 1.29 is 0 Å². The van der Waals surface area contributed by atoms with Crippen LogP contribution < -0.4 is 5.73 Å². The topological polar surface area (TPSA) is 29.3 Å². The van der Waals surface area contributed by atoms with Crippen LogP contribution in [0.3, 0.4) is 0 Å². The van der Waals surface area contributed by atoms with E-state index in [2.05, 4.69) is 41.6 Å². The maximum atomic E-state index is 5.78. The molecule has 0 atom stereocenters. The maximum absolute atomic E-state index is 5.78. The summed E-state index contributed by atoms with van der Waals surface area (Å²) in [6.45, 7) is 2.28. The Hall–Kier alpha value is -1.32. The van der Waals surface area contributed by atoms with E-state index >= 15 is 0 Å². The molecule has 0 bridgehead atoms. The Labute approximate surface area is 119 Å². The average molecular weight is 274 g/mol. The number of rotatable bonds is 7. The number of benzene rings is 1. The molecule has 0 aliphatic carbocycles. The first kappa shape index (κ1) is 14.1. The monoisotopic (exact) mass is 274 g/mol. The number of anilines is 1. The summed E-state index contributed by atoms with van der Waals surface area (Å²) in [5.74, 6) is 0. The number of hydrogen-bond acceptors (Lipinski definition) is 3. The van der Waals surface area contributed by atoms with Crippen LogP contribution in [0.25, 0.3) is 0 Å². The number of thiophene rings is 1. The molecule has 0 amide bonds. The zero-order valence-corrected chi connectivity index (χ0v) is 12.3. The molecular formula is C16H22N2S. The molecule has 0 fully saturated rings. The number of likely N-dealkylation sites (N-methyl/N-ethyl adjacent to an activating group) is 1. The quantitative estimate of drug-likeness (QED) is 0.784. The van der Waals surface area contributed by atoms with E-state index < -0.39 is 0 Å². The zero-order valence-electron chi connectivity index (χ0n) is 11.5. The van der Waals surface area contributed by atoms with Crippen molar-refractivity contribution in [3.8, 4) is 0 Å². The van der Waals surface area contributed by atoms with Crippen LogP contribution in [0.15, 0.2) is 41.8 Å². The van der Waals surface area contributed by atoms with Gasteiger partial charge in [0.25, 0.3) is 0 Å². The van der Waals surface area contributed by atoms with Crippen LogP contribution >= 0.6 is 11.3 Å². The van der Waals surface area contributed by atoms with Gasteiger partial charge in [0.15, 0.2) is 0 Å². The summed E-state index contributed by atoms with van der Waals surface area (Å²) in [6.07, 6.45) is 3.45. The Morgan fingerprint density at radius 1 is 1.11 bits per heavy atom. The summed E-state index contributed by atoms with van der Waals surface area (Å²) in [5.41, 5.74) is 7.99. The van der Waals surface area contributed by atoms with Crippen molar-refractivity contribution in [1.29, 1.82) is 0 Å². The van der Waals surface area contributed by atoms with Gasteiger partial charge in [-0.1, -0.05) is 18.2 Å². The smallest absolute Gasteiger partial charge is 0.0316 e. The third kappa shape index (κ3) is 5.05. The average Bonchev–Trinajstić information content (AvgIpc) is 2.89. The molecule has 0 aliphatic rings. The van der Waals surface area contributed by atoms with Crippen molar-refractivity contribution in [2.75, 3.05) is 25.9 Å². The van der Waals surface area contributed by atoms with Crippen molar-refractivity contribution in [1.82, 2.24) is 4.90 Å². The van der Waals surface area contributed by atoms with Crippen LogP contribution in [0.5, 0.6) is 0 Å². The normalized spacial score (nSPS) is 11.1. The number of nitrogens with two attached hydrogens (primary N) is 1. The summed E-state index contributed by atoms with van der Waals surface area (Å²) in [7, 11) is 2.20. The van der Waals surface area contributed by atoms with Crippen LogP contribution in [0.1, 0.15) is 16.9 Å². The lowest BCUT2D eigenvalue weighted by atomic mass is 10.1. The minimum absolute atomic E-state index is 0.864. The molecule has 0 aliphatic heterocycles. The summed E-state index contributed by atoms with van der Waals surface area (Å²) >= 11 is 1.85. The van der Waals surface area contributed by atoms with Crippen molar-refractivity contribution >= 4 is 17.0 Å². The Balaban J connectivity index is 1.65. The summed E-state index contributed by atoms with van der Waals surface area (Å²) in [5, 5.41) is 2.15. The second kappa shape index (κ2) is 7.31. The maximum Gasteiger partial charge on any atom is 0.0316 e. The van der Waals surface area contributed by atoms with E-state index in [1.165, 1.54) is 16.9 Å². The summed E-state index contributed by atoms with van der Waals surface area (Å²) < 4.78 is 0. The van der Waals surface area contributed by atoms with Crippen LogP contribution in [0.2, 0.25) is 0 Å². The molecule has 0 saturated carbocycles. The molecule has 0 saturated heterocycles. The van der Waals surface area contributed by atoms with E-state index in [0.717, 1.165) is 31.6 Å². The van der Waals surface area contributed by atoms with Gasteiger partial charge in [-0.25, -0.2) is 0 Å². The summed E-state index contributed by atoms with van der Waals surface area (Å²) in [4.78, 5) is 3.88. The fourth-order valence-corrected chi connectivity index (χ4v) is 2.87. The molecule has 2 N–H and O–H groups in total. The van der Waals surface area contributed by atoms with E-state index in [9.17, 15) is 0 Å². The Morgan fingerprint density at radius 3 is 2.74 bits per heavy atom. The molecule has 1 aromatic carbocycles. The molecule has 2 aromatic rings. The van der Waals surface area contributed by atoms with Gasteiger partial charge in [0.05, 0.1) is 0 Å². The summed E-state index contributed by atoms with van der Waals surface area (Å²) in [6, 6.07) is 12.5. The van der Waals surface area contributed by atoms with Gasteiger partial charge in [-0.15, -0.1) is 11.3 Å². The van der Waals surface area contributed by atoms with Gasteiger partial charge in [-0.3, -0.25) is 0 Å². The SMILES string of the molecule is CN(CCCc1cccc(N)c1)CCc1cccs1. The number of hydrogen-bond donors (Lipinski definition) is 1. The lowest BCUT2D eigenvalue weighted by molar-refractivity contribution is 0.334. The Kier molecular flexibility index (Phi) is 5.43. The lowest BCUT2D eigenvalue weighted by Gasteiger charge is -2.15.